The summed E-state index contributed by atoms with van der Waals surface area (Å²) in [4.78, 5) is 22.8. The molecule has 0 radical (unpaired) electrons. The van der Waals surface area contributed by atoms with E-state index < -0.39 is 17.7 Å². The van der Waals surface area contributed by atoms with Gasteiger partial charge in [0.2, 0.25) is 0 Å². The molecule has 2 rings (SSSR count). The van der Waals surface area contributed by atoms with Gasteiger partial charge in [0.1, 0.15) is 11.6 Å². The summed E-state index contributed by atoms with van der Waals surface area (Å²) >= 11 is 3.14. The molecular weight excluding hydrogens is 345 g/mol. The molecule has 114 valence electrons. The zero-order valence-electron chi connectivity index (χ0n) is 11.1. The highest BCUT2D eigenvalue weighted by Crippen LogP contribution is 2.27. The molecule has 5 nitrogen and oxygen atoms in total. The van der Waals surface area contributed by atoms with Gasteiger partial charge in [-0.2, -0.15) is 0 Å². The van der Waals surface area contributed by atoms with Crippen molar-refractivity contribution in [1.29, 1.82) is 0 Å². The maximum atomic E-state index is 12.9. The van der Waals surface area contributed by atoms with Gasteiger partial charge in [0.05, 0.1) is 10.4 Å². The van der Waals surface area contributed by atoms with Crippen LogP contribution in [0, 0.1) is 11.7 Å². The zero-order valence-corrected chi connectivity index (χ0v) is 12.7. The fourth-order valence-corrected chi connectivity index (χ4v) is 2.88. The summed E-state index contributed by atoms with van der Waals surface area (Å²) in [6.45, 7) is -0.243. The van der Waals surface area contributed by atoms with Crippen molar-refractivity contribution in [2.24, 2.45) is 5.92 Å². The lowest BCUT2D eigenvalue weighted by molar-refractivity contribution is -0.142. The molecular formula is C14H15BrFNO4. The molecule has 0 aliphatic heterocycles. The van der Waals surface area contributed by atoms with E-state index in [1.807, 2.05) is 0 Å². The fourth-order valence-electron chi connectivity index (χ4n) is 2.41. The summed E-state index contributed by atoms with van der Waals surface area (Å²) in [5.41, 5.74) is 0. The van der Waals surface area contributed by atoms with Crippen LogP contribution in [0.4, 0.5) is 4.39 Å². The summed E-state index contributed by atoms with van der Waals surface area (Å²) in [5.74, 6) is -1.86. The first-order valence-electron chi connectivity index (χ1n) is 6.57. The van der Waals surface area contributed by atoms with Crippen molar-refractivity contribution in [3.8, 4) is 5.75 Å². The molecule has 1 aliphatic carbocycles. The minimum absolute atomic E-state index is 0.243. The lowest BCUT2D eigenvalue weighted by atomic mass is 10.0. The van der Waals surface area contributed by atoms with Crippen LogP contribution >= 0.6 is 15.9 Å². The Kier molecular flexibility index (Phi) is 5.17. The summed E-state index contributed by atoms with van der Waals surface area (Å²) in [6.07, 6.45) is 2.01. The van der Waals surface area contributed by atoms with Crippen molar-refractivity contribution in [3.05, 3.63) is 28.5 Å². The first-order valence-corrected chi connectivity index (χ1v) is 7.36. The van der Waals surface area contributed by atoms with Crippen LogP contribution in [-0.2, 0) is 9.59 Å². The highest BCUT2D eigenvalue weighted by atomic mass is 79.9. The summed E-state index contributed by atoms with van der Waals surface area (Å²) in [5, 5.41) is 11.7. The third-order valence-electron chi connectivity index (χ3n) is 3.43. The monoisotopic (exact) mass is 359 g/mol. The SMILES string of the molecule is O=C(COc1ccc(F)cc1Br)NC1CCCC1C(=O)O. The number of aliphatic carboxylic acids is 1. The Bertz CT molecular complexity index is 552. The third kappa shape index (κ3) is 4.17. The van der Waals surface area contributed by atoms with Crippen molar-refractivity contribution in [1.82, 2.24) is 5.32 Å². The number of amides is 1. The van der Waals surface area contributed by atoms with E-state index in [4.69, 9.17) is 9.84 Å². The van der Waals surface area contributed by atoms with Crippen molar-refractivity contribution in [2.45, 2.75) is 25.3 Å². The maximum absolute atomic E-state index is 12.9. The van der Waals surface area contributed by atoms with E-state index in [0.29, 0.717) is 23.1 Å². The van der Waals surface area contributed by atoms with E-state index >= 15 is 0 Å². The highest BCUT2D eigenvalue weighted by Gasteiger charge is 2.33. The Balaban J connectivity index is 1.86. The standard InChI is InChI=1S/C14H15BrFNO4/c15-10-6-8(16)4-5-12(10)21-7-13(18)17-11-3-1-2-9(11)14(19)20/h4-6,9,11H,1-3,7H2,(H,17,18)(H,19,20). The van der Waals surface area contributed by atoms with Gasteiger partial charge in [-0.25, -0.2) is 4.39 Å². The average Bonchev–Trinajstić information content (AvgIpc) is 2.86. The van der Waals surface area contributed by atoms with Gasteiger partial charge >= 0.3 is 5.97 Å². The van der Waals surface area contributed by atoms with Crippen molar-refractivity contribution < 1.29 is 23.8 Å². The number of rotatable bonds is 5. The van der Waals surface area contributed by atoms with Gasteiger partial charge < -0.3 is 15.2 Å². The number of ether oxygens (including phenoxy) is 1. The van der Waals surface area contributed by atoms with Crippen LogP contribution in [0.1, 0.15) is 19.3 Å². The molecule has 1 amide bonds. The Labute approximate surface area is 129 Å². The van der Waals surface area contributed by atoms with Gasteiger partial charge in [-0.15, -0.1) is 0 Å². The topological polar surface area (TPSA) is 75.6 Å². The highest BCUT2D eigenvalue weighted by molar-refractivity contribution is 9.10. The predicted molar refractivity (Wildman–Crippen MR) is 76.5 cm³/mol. The molecule has 2 N–H and O–H groups in total. The Morgan fingerprint density at radius 3 is 2.86 bits per heavy atom. The molecule has 0 bridgehead atoms. The van der Waals surface area contributed by atoms with E-state index in [1.165, 1.54) is 18.2 Å². The molecule has 1 fully saturated rings. The minimum Gasteiger partial charge on any atom is -0.483 e. The minimum atomic E-state index is -0.889. The van der Waals surface area contributed by atoms with Gasteiger partial charge in [-0.1, -0.05) is 6.42 Å². The van der Waals surface area contributed by atoms with Crippen LogP contribution in [0.3, 0.4) is 0 Å². The Hall–Kier alpha value is -1.63. The van der Waals surface area contributed by atoms with Gasteiger partial charge in [0.15, 0.2) is 6.61 Å². The van der Waals surface area contributed by atoms with Crippen LogP contribution < -0.4 is 10.1 Å². The lowest BCUT2D eigenvalue weighted by Gasteiger charge is -2.17. The predicted octanol–water partition coefficient (Wildman–Crippen LogP) is 2.34. The summed E-state index contributed by atoms with van der Waals surface area (Å²) < 4.78 is 18.6. The number of carboxylic acid groups (broad SMARTS) is 1. The van der Waals surface area contributed by atoms with Gasteiger partial charge in [-0.05, 0) is 47.0 Å². The van der Waals surface area contributed by atoms with Crippen LogP contribution in [0.5, 0.6) is 5.75 Å². The number of nitrogens with one attached hydrogen (secondary N) is 1. The first kappa shape index (κ1) is 15.8. The van der Waals surface area contributed by atoms with E-state index in [2.05, 4.69) is 21.2 Å². The molecule has 0 spiro atoms. The van der Waals surface area contributed by atoms with E-state index in [1.54, 1.807) is 0 Å². The molecule has 0 aromatic heterocycles. The number of carbonyl (C=O) groups is 2. The average molecular weight is 360 g/mol. The third-order valence-corrected chi connectivity index (χ3v) is 4.05. The summed E-state index contributed by atoms with van der Waals surface area (Å²) in [6, 6.07) is 3.54. The molecule has 1 aromatic carbocycles. The van der Waals surface area contributed by atoms with Crippen molar-refractivity contribution in [3.63, 3.8) is 0 Å². The van der Waals surface area contributed by atoms with Crippen molar-refractivity contribution in [2.75, 3.05) is 6.61 Å². The molecule has 21 heavy (non-hydrogen) atoms. The second-order valence-corrected chi connectivity index (χ2v) is 5.77. The first-order chi connectivity index (χ1) is 9.97. The zero-order chi connectivity index (χ0) is 15.4. The Morgan fingerprint density at radius 1 is 1.43 bits per heavy atom. The molecule has 1 aromatic rings. The van der Waals surface area contributed by atoms with E-state index in [0.717, 1.165) is 6.42 Å². The summed E-state index contributed by atoms with van der Waals surface area (Å²) in [7, 11) is 0. The number of halogens is 2. The normalized spacial score (nSPS) is 21.0. The molecule has 0 saturated heterocycles. The van der Waals surface area contributed by atoms with Crippen molar-refractivity contribution >= 4 is 27.8 Å². The van der Waals surface area contributed by atoms with E-state index in [-0.39, 0.29) is 18.6 Å². The largest absolute Gasteiger partial charge is 0.483 e. The van der Waals surface area contributed by atoms with Gasteiger partial charge in [0, 0.05) is 6.04 Å². The van der Waals surface area contributed by atoms with Gasteiger partial charge in [-0.3, -0.25) is 9.59 Å². The number of carbonyl (C=O) groups excluding carboxylic acids is 1. The van der Waals surface area contributed by atoms with Crippen LogP contribution in [0.15, 0.2) is 22.7 Å². The van der Waals surface area contributed by atoms with Gasteiger partial charge in [0.25, 0.3) is 5.91 Å². The number of hydrogen-bond donors (Lipinski definition) is 2. The maximum Gasteiger partial charge on any atom is 0.308 e. The van der Waals surface area contributed by atoms with Crippen LogP contribution in [-0.4, -0.2) is 29.6 Å². The smallest absolute Gasteiger partial charge is 0.308 e. The van der Waals surface area contributed by atoms with E-state index in [9.17, 15) is 14.0 Å². The number of carboxylic acids is 1. The molecule has 7 heteroatoms. The molecule has 2 unspecified atom stereocenters. The molecule has 1 saturated carbocycles. The quantitative estimate of drug-likeness (QED) is 0.845. The second kappa shape index (κ2) is 6.89. The molecule has 1 aliphatic rings. The van der Waals surface area contributed by atoms with Crippen LogP contribution in [0.2, 0.25) is 0 Å². The Morgan fingerprint density at radius 2 is 2.19 bits per heavy atom. The molecule has 2 atom stereocenters. The number of benzene rings is 1. The second-order valence-electron chi connectivity index (χ2n) is 4.91. The fraction of sp³-hybridized carbons (Fsp3) is 0.429. The lowest BCUT2D eigenvalue weighted by Crippen LogP contribution is -2.42. The van der Waals surface area contributed by atoms with Crippen LogP contribution in [0.25, 0.3) is 0 Å². The molecule has 0 heterocycles. The number of hydrogen-bond acceptors (Lipinski definition) is 3.